The van der Waals surface area contributed by atoms with Crippen molar-refractivity contribution >= 4 is 43.5 Å². The van der Waals surface area contributed by atoms with Gasteiger partial charge in [0.25, 0.3) is 0 Å². The monoisotopic (exact) mass is 563 g/mol. The number of hydrogen-bond acceptors (Lipinski definition) is 4. The molecule has 0 saturated heterocycles. The zero-order valence-electron chi connectivity index (χ0n) is 20.8. The topological polar surface area (TPSA) is 86.8 Å². The first kappa shape index (κ1) is 27.2. The van der Waals surface area contributed by atoms with Crippen LogP contribution in [0.15, 0.2) is 46.9 Å². The van der Waals surface area contributed by atoms with Gasteiger partial charge in [0.2, 0.25) is 21.8 Å². The van der Waals surface area contributed by atoms with Crippen molar-refractivity contribution in [2.75, 3.05) is 17.1 Å². The first-order valence-electron chi connectivity index (χ1n) is 11.9. The summed E-state index contributed by atoms with van der Waals surface area (Å²) < 4.78 is 27.6. The van der Waals surface area contributed by atoms with Gasteiger partial charge in [-0.1, -0.05) is 59.1 Å². The molecule has 0 heterocycles. The lowest BCUT2D eigenvalue weighted by Crippen LogP contribution is -2.52. The minimum absolute atomic E-state index is 0.120. The molecule has 1 fully saturated rings. The Morgan fingerprint density at radius 2 is 1.69 bits per heavy atom. The molecule has 190 valence electrons. The highest BCUT2D eigenvalue weighted by atomic mass is 79.9. The van der Waals surface area contributed by atoms with Crippen LogP contribution < -0.4 is 9.62 Å². The number of para-hydroxylation sites is 1. The molecule has 1 atom stereocenters. The number of carbonyl (C=O) groups excluding carboxylic acids is 2. The van der Waals surface area contributed by atoms with Gasteiger partial charge in [-0.3, -0.25) is 13.9 Å². The van der Waals surface area contributed by atoms with E-state index in [0.29, 0.717) is 5.69 Å². The molecule has 1 aliphatic rings. The molecular formula is C26H34BrN3O4S. The first-order valence-corrected chi connectivity index (χ1v) is 14.5. The Balaban J connectivity index is 1.92. The third-order valence-electron chi connectivity index (χ3n) is 6.48. The van der Waals surface area contributed by atoms with Gasteiger partial charge in [0.15, 0.2) is 0 Å². The van der Waals surface area contributed by atoms with Gasteiger partial charge in [0.05, 0.1) is 11.9 Å². The van der Waals surface area contributed by atoms with Crippen molar-refractivity contribution in [3.63, 3.8) is 0 Å². The third-order valence-corrected chi connectivity index (χ3v) is 8.08. The van der Waals surface area contributed by atoms with Crippen LogP contribution in [-0.2, 0) is 26.2 Å². The van der Waals surface area contributed by atoms with Crippen molar-refractivity contribution in [3.05, 3.63) is 63.6 Å². The lowest BCUT2D eigenvalue weighted by molar-refractivity contribution is -0.139. The standard InChI is InChI=1S/C26H34BrN3O4S/c1-18-9-7-10-19(2)25(18)30(35(4,33)34)17-24(31)29(16-21-11-8-12-22(27)15-21)20(3)26(32)28-23-13-5-6-14-23/h7-12,15,20,23H,5-6,13-14,16-17H2,1-4H3,(H,28,32)/t20-/m0/s1. The number of aryl methyl sites for hydroxylation is 2. The first-order chi connectivity index (χ1) is 16.5. The van der Waals surface area contributed by atoms with E-state index >= 15 is 0 Å². The second kappa shape index (κ2) is 11.6. The molecule has 2 aromatic carbocycles. The summed E-state index contributed by atoms with van der Waals surface area (Å²) in [6.07, 6.45) is 5.14. The maximum absolute atomic E-state index is 13.7. The van der Waals surface area contributed by atoms with Crippen molar-refractivity contribution in [2.45, 2.75) is 65.1 Å². The Morgan fingerprint density at radius 1 is 1.09 bits per heavy atom. The average Bonchev–Trinajstić information content (AvgIpc) is 3.28. The van der Waals surface area contributed by atoms with E-state index in [4.69, 9.17) is 0 Å². The molecule has 7 nitrogen and oxygen atoms in total. The summed E-state index contributed by atoms with van der Waals surface area (Å²) in [5, 5.41) is 3.07. The van der Waals surface area contributed by atoms with Crippen LogP contribution in [0.3, 0.4) is 0 Å². The zero-order chi connectivity index (χ0) is 25.8. The zero-order valence-corrected chi connectivity index (χ0v) is 23.2. The van der Waals surface area contributed by atoms with Crippen molar-refractivity contribution < 1.29 is 18.0 Å². The van der Waals surface area contributed by atoms with Crippen molar-refractivity contribution in [3.8, 4) is 0 Å². The number of nitrogens with zero attached hydrogens (tertiary/aromatic N) is 2. The minimum Gasteiger partial charge on any atom is -0.352 e. The van der Waals surface area contributed by atoms with E-state index in [1.165, 1.54) is 4.90 Å². The fraction of sp³-hybridized carbons (Fsp3) is 0.462. The van der Waals surface area contributed by atoms with Gasteiger partial charge in [0, 0.05) is 17.1 Å². The number of amides is 2. The molecule has 0 unspecified atom stereocenters. The van der Waals surface area contributed by atoms with E-state index in [2.05, 4.69) is 21.2 Å². The summed E-state index contributed by atoms with van der Waals surface area (Å²) in [6, 6.07) is 12.4. The molecule has 3 rings (SSSR count). The molecule has 0 spiro atoms. The predicted octanol–water partition coefficient (Wildman–Crippen LogP) is 4.31. The van der Waals surface area contributed by atoms with Crippen LogP contribution in [0.1, 0.15) is 49.3 Å². The van der Waals surface area contributed by atoms with E-state index in [9.17, 15) is 18.0 Å². The second-order valence-electron chi connectivity index (χ2n) is 9.33. The van der Waals surface area contributed by atoms with Crippen LogP contribution in [0.25, 0.3) is 0 Å². The van der Waals surface area contributed by atoms with E-state index in [1.807, 2.05) is 56.3 Å². The SMILES string of the molecule is Cc1cccc(C)c1N(CC(=O)N(Cc1cccc(Br)c1)[C@@H](C)C(=O)NC1CCCC1)S(C)(=O)=O. The lowest BCUT2D eigenvalue weighted by atomic mass is 10.1. The van der Waals surface area contributed by atoms with Crippen LogP contribution in [-0.4, -0.2) is 50.0 Å². The molecule has 1 aliphatic carbocycles. The molecule has 1 saturated carbocycles. The van der Waals surface area contributed by atoms with Crippen LogP contribution in [0.5, 0.6) is 0 Å². The van der Waals surface area contributed by atoms with Gasteiger partial charge in [-0.05, 0) is 62.4 Å². The molecule has 35 heavy (non-hydrogen) atoms. The Kier molecular flexibility index (Phi) is 8.99. The van der Waals surface area contributed by atoms with Crippen molar-refractivity contribution in [2.24, 2.45) is 0 Å². The van der Waals surface area contributed by atoms with Crippen LogP contribution in [0.4, 0.5) is 5.69 Å². The fourth-order valence-corrected chi connectivity index (χ4v) is 5.99. The van der Waals surface area contributed by atoms with Gasteiger partial charge in [0.1, 0.15) is 12.6 Å². The number of carbonyl (C=O) groups is 2. The summed E-state index contributed by atoms with van der Waals surface area (Å²) in [5.74, 6) is -0.662. The molecule has 2 amide bonds. The number of halogens is 1. The molecule has 2 aromatic rings. The highest BCUT2D eigenvalue weighted by Crippen LogP contribution is 2.27. The smallest absolute Gasteiger partial charge is 0.244 e. The highest BCUT2D eigenvalue weighted by molar-refractivity contribution is 9.10. The number of hydrogen-bond donors (Lipinski definition) is 1. The summed E-state index contributed by atoms with van der Waals surface area (Å²) >= 11 is 3.46. The third kappa shape index (κ3) is 7.07. The van der Waals surface area contributed by atoms with E-state index in [-0.39, 0.29) is 25.0 Å². The Bertz CT molecular complexity index is 1160. The Hall–Kier alpha value is -2.39. The number of benzene rings is 2. The van der Waals surface area contributed by atoms with Gasteiger partial charge in [-0.2, -0.15) is 0 Å². The fourth-order valence-electron chi connectivity index (χ4n) is 4.58. The number of anilines is 1. The number of nitrogens with one attached hydrogen (secondary N) is 1. The molecule has 0 aliphatic heterocycles. The van der Waals surface area contributed by atoms with Crippen molar-refractivity contribution in [1.29, 1.82) is 0 Å². The molecule has 9 heteroatoms. The van der Waals surface area contributed by atoms with Gasteiger partial charge >= 0.3 is 0 Å². The van der Waals surface area contributed by atoms with Gasteiger partial charge < -0.3 is 10.2 Å². The summed E-state index contributed by atoms with van der Waals surface area (Å²) in [7, 11) is -3.76. The molecule has 0 radical (unpaired) electrons. The van der Waals surface area contributed by atoms with Gasteiger partial charge in [-0.25, -0.2) is 8.42 Å². The van der Waals surface area contributed by atoms with Crippen LogP contribution in [0, 0.1) is 13.8 Å². The normalized spacial score (nSPS) is 15.0. The lowest BCUT2D eigenvalue weighted by Gasteiger charge is -2.33. The Labute approximate surface area is 217 Å². The largest absolute Gasteiger partial charge is 0.352 e. The molecule has 0 aromatic heterocycles. The highest BCUT2D eigenvalue weighted by Gasteiger charge is 2.32. The minimum atomic E-state index is -3.76. The maximum atomic E-state index is 13.7. The summed E-state index contributed by atoms with van der Waals surface area (Å²) in [5.41, 5.74) is 2.85. The predicted molar refractivity (Wildman–Crippen MR) is 143 cm³/mol. The maximum Gasteiger partial charge on any atom is 0.244 e. The summed E-state index contributed by atoms with van der Waals surface area (Å²) in [4.78, 5) is 28.3. The van der Waals surface area contributed by atoms with E-state index in [0.717, 1.165) is 57.4 Å². The quantitative estimate of drug-likeness (QED) is 0.492. The second-order valence-corrected chi connectivity index (χ2v) is 12.2. The number of rotatable bonds is 9. The molecule has 0 bridgehead atoms. The van der Waals surface area contributed by atoms with Crippen molar-refractivity contribution in [1.82, 2.24) is 10.2 Å². The van der Waals surface area contributed by atoms with Crippen LogP contribution in [0.2, 0.25) is 0 Å². The Morgan fingerprint density at radius 3 is 2.26 bits per heavy atom. The average molecular weight is 565 g/mol. The van der Waals surface area contributed by atoms with Crippen LogP contribution >= 0.6 is 15.9 Å². The molecule has 1 N–H and O–H groups in total. The summed E-state index contributed by atoms with van der Waals surface area (Å²) in [6.45, 7) is 5.13. The van der Waals surface area contributed by atoms with E-state index in [1.54, 1.807) is 6.92 Å². The van der Waals surface area contributed by atoms with E-state index < -0.39 is 22.0 Å². The molecular weight excluding hydrogens is 530 g/mol. The van der Waals surface area contributed by atoms with Gasteiger partial charge in [-0.15, -0.1) is 0 Å². The number of sulfonamides is 1.